The Balaban J connectivity index is 1.69. The van der Waals surface area contributed by atoms with Gasteiger partial charge in [0.2, 0.25) is 17.7 Å². The van der Waals surface area contributed by atoms with Gasteiger partial charge in [0.05, 0.1) is 13.7 Å². The number of thiazole rings is 1. The molecular formula is C28H28N4O5S2. The molecule has 0 bridgehead atoms. The normalized spacial score (nSPS) is 11.4. The van der Waals surface area contributed by atoms with E-state index in [-0.39, 0.29) is 36.8 Å². The Kier molecular flexibility index (Phi) is 9.29. The van der Waals surface area contributed by atoms with Crippen LogP contribution >= 0.6 is 22.7 Å². The number of carbonyl (C=O) groups is 3. The Morgan fingerprint density at radius 2 is 1.87 bits per heavy atom. The summed E-state index contributed by atoms with van der Waals surface area (Å²) in [5.74, 6) is -1.11. The number of ether oxygens (including phenoxy) is 1. The van der Waals surface area contributed by atoms with Gasteiger partial charge in [0.15, 0.2) is 16.6 Å². The summed E-state index contributed by atoms with van der Waals surface area (Å²) in [5, 5.41) is 19.9. The largest absolute Gasteiger partial charge is 0.504 e. The van der Waals surface area contributed by atoms with Crippen LogP contribution in [0.15, 0.2) is 71.6 Å². The van der Waals surface area contributed by atoms with Crippen LogP contribution in [0.25, 0.3) is 0 Å². The minimum Gasteiger partial charge on any atom is -0.504 e. The molecule has 11 heteroatoms. The highest BCUT2D eigenvalue weighted by molar-refractivity contribution is 7.13. The Bertz CT molecular complexity index is 1420. The molecule has 0 radical (unpaired) electrons. The minimum absolute atomic E-state index is 0.0911. The number of anilines is 2. The number of aromatic hydroxyl groups is 1. The molecule has 202 valence electrons. The van der Waals surface area contributed by atoms with Gasteiger partial charge < -0.3 is 20.5 Å². The molecule has 3 amide bonds. The van der Waals surface area contributed by atoms with Crippen LogP contribution in [0.2, 0.25) is 0 Å². The zero-order valence-electron chi connectivity index (χ0n) is 21.4. The van der Waals surface area contributed by atoms with E-state index in [0.717, 1.165) is 10.4 Å². The second-order valence-corrected chi connectivity index (χ2v) is 10.5. The summed E-state index contributed by atoms with van der Waals surface area (Å²) in [6, 6.07) is 14.5. The van der Waals surface area contributed by atoms with E-state index in [1.807, 2.05) is 36.6 Å². The van der Waals surface area contributed by atoms with Crippen LogP contribution in [0, 0.1) is 6.92 Å². The summed E-state index contributed by atoms with van der Waals surface area (Å²) in [4.78, 5) is 46.6. The molecule has 1 atom stereocenters. The van der Waals surface area contributed by atoms with Crippen molar-refractivity contribution < 1.29 is 24.2 Å². The van der Waals surface area contributed by atoms with Gasteiger partial charge in [-0.25, -0.2) is 4.98 Å². The van der Waals surface area contributed by atoms with Crippen LogP contribution in [-0.4, -0.2) is 34.9 Å². The number of nitrogens with zero attached hydrogens (tertiary/aromatic N) is 2. The van der Waals surface area contributed by atoms with Gasteiger partial charge in [-0.05, 0) is 47.7 Å². The van der Waals surface area contributed by atoms with Crippen molar-refractivity contribution in [2.75, 3.05) is 17.3 Å². The summed E-state index contributed by atoms with van der Waals surface area (Å²) in [7, 11) is 1.41. The number of carbonyl (C=O) groups excluding carboxylic acids is 3. The first-order valence-corrected chi connectivity index (χ1v) is 13.9. The maximum absolute atomic E-state index is 13.9. The van der Waals surface area contributed by atoms with Crippen LogP contribution in [0.3, 0.4) is 0 Å². The molecule has 0 spiro atoms. The topological polar surface area (TPSA) is 121 Å². The standard InChI is InChI=1S/C28H28N4O5S2/c1-18-6-3-4-8-21(18)32(25(35)12-11-24(34)31-28-29-13-15-39-28)26(19-9-10-22(33)23(16-19)37-2)27(36)30-17-20-7-5-14-38-20/h3-10,13-16,26,33H,11-12,17H2,1-2H3,(H,30,36)(H,29,31,34)/t26-/m1/s1. The van der Waals surface area contributed by atoms with Crippen molar-refractivity contribution in [2.24, 2.45) is 0 Å². The Morgan fingerprint density at radius 1 is 1.05 bits per heavy atom. The molecule has 0 unspecified atom stereocenters. The monoisotopic (exact) mass is 564 g/mol. The summed E-state index contributed by atoms with van der Waals surface area (Å²) < 4.78 is 5.29. The fraction of sp³-hybridized carbons (Fsp3) is 0.214. The van der Waals surface area contributed by atoms with E-state index >= 15 is 0 Å². The van der Waals surface area contributed by atoms with Gasteiger partial charge in [0.1, 0.15) is 6.04 Å². The molecule has 2 aromatic heterocycles. The van der Waals surface area contributed by atoms with Crippen molar-refractivity contribution in [2.45, 2.75) is 32.4 Å². The molecule has 0 saturated carbocycles. The van der Waals surface area contributed by atoms with E-state index in [0.29, 0.717) is 16.4 Å². The van der Waals surface area contributed by atoms with E-state index < -0.39 is 17.9 Å². The number of amides is 3. The second kappa shape index (κ2) is 13.0. The molecule has 2 heterocycles. The Hall–Kier alpha value is -4.22. The average molecular weight is 565 g/mol. The number of aryl methyl sites for hydroxylation is 1. The van der Waals surface area contributed by atoms with Gasteiger partial charge >= 0.3 is 0 Å². The zero-order chi connectivity index (χ0) is 27.8. The van der Waals surface area contributed by atoms with E-state index in [1.165, 1.54) is 40.7 Å². The highest BCUT2D eigenvalue weighted by atomic mass is 32.1. The summed E-state index contributed by atoms with van der Waals surface area (Å²) in [6.07, 6.45) is 1.34. The lowest BCUT2D eigenvalue weighted by atomic mass is 10.00. The molecule has 9 nitrogen and oxygen atoms in total. The highest BCUT2D eigenvalue weighted by Gasteiger charge is 2.34. The Morgan fingerprint density at radius 3 is 2.56 bits per heavy atom. The number of thiophene rings is 1. The lowest BCUT2D eigenvalue weighted by Crippen LogP contribution is -2.44. The molecule has 0 fully saturated rings. The van der Waals surface area contributed by atoms with Gasteiger partial charge in [0.25, 0.3) is 0 Å². The zero-order valence-corrected chi connectivity index (χ0v) is 23.1. The second-order valence-electron chi connectivity index (χ2n) is 8.57. The number of aromatic nitrogens is 1. The van der Waals surface area contributed by atoms with Crippen molar-refractivity contribution >= 4 is 51.2 Å². The first-order chi connectivity index (χ1) is 18.9. The Labute approximate surface area is 234 Å². The van der Waals surface area contributed by atoms with Gasteiger partial charge in [-0.1, -0.05) is 30.3 Å². The number of hydrogen-bond acceptors (Lipinski definition) is 8. The number of para-hydroxylation sites is 1. The van der Waals surface area contributed by atoms with E-state index in [4.69, 9.17) is 4.74 Å². The maximum atomic E-state index is 13.9. The van der Waals surface area contributed by atoms with E-state index in [2.05, 4.69) is 15.6 Å². The number of rotatable bonds is 11. The molecule has 4 rings (SSSR count). The first-order valence-electron chi connectivity index (χ1n) is 12.1. The molecular weight excluding hydrogens is 536 g/mol. The van der Waals surface area contributed by atoms with Crippen molar-refractivity contribution in [3.05, 3.63) is 87.6 Å². The molecule has 0 saturated heterocycles. The lowest BCUT2D eigenvalue weighted by molar-refractivity contribution is -0.127. The minimum atomic E-state index is -1.10. The quantitative estimate of drug-likeness (QED) is 0.235. The van der Waals surface area contributed by atoms with Crippen molar-refractivity contribution in [1.29, 1.82) is 0 Å². The number of benzene rings is 2. The van der Waals surface area contributed by atoms with Gasteiger partial charge in [-0.15, -0.1) is 22.7 Å². The number of phenolic OH excluding ortho intramolecular Hbond substituents is 1. The highest BCUT2D eigenvalue weighted by Crippen LogP contribution is 2.35. The molecule has 2 aromatic carbocycles. The predicted molar refractivity (Wildman–Crippen MR) is 152 cm³/mol. The molecule has 0 aliphatic rings. The fourth-order valence-corrected chi connectivity index (χ4v) is 5.21. The molecule has 0 aliphatic heterocycles. The summed E-state index contributed by atoms with van der Waals surface area (Å²) in [5.41, 5.74) is 1.75. The van der Waals surface area contributed by atoms with Crippen molar-refractivity contribution in [3.63, 3.8) is 0 Å². The molecule has 0 aliphatic carbocycles. The van der Waals surface area contributed by atoms with Crippen molar-refractivity contribution in [1.82, 2.24) is 10.3 Å². The van der Waals surface area contributed by atoms with Gasteiger partial charge in [-0.3, -0.25) is 19.3 Å². The predicted octanol–water partition coefficient (Wildman–Crippen LogP) is 5.04. The number of methoxy groups -OCH3 is 1. The number of nitrogens with one attached hydrogen (secondary N) is 2. The van der Waals surface area contributed by atoms with Crippen molar-refractivity contribution in [3.8, 4) is 11.5 Å². The third kappa shape index (κ3) is 7.01. The number of hydrogen-bond donors (Lipinski definition) is 3. The fourth-order valence-electron chi connectivity index (χ4n) is 4.03. The number of phenols is 1. The van der Waals surface area contributed by atoms with Gasteiger partial charge in [0, 0.05) is 35.0 Å². The molecule has 3 N–H and O–H groups in total. The summed E-state index contributed by atoms with van der Waals surface area (Å²) in [6.45, 7) is 2.14. The third-order valence-corrected chi connectivity index (χ3v) is 7.50. The average Bonchev–Trinajstić information content (AvgIpc) is 3.65. The van der Waals surface area contributed by atoms with Crippen LogP contribution < -0.4 is 20.3 Å². The SMILES string of the molecule is COc1cc([C@H](C(=O)NCc2cccs2)N(C(=O)CCC(=O)Nc2nccs2)c2ccccc2C)ccc1O. The third-order valence-electron chi connectivity index (χ3n) is 5.93. The smallest absolute Gasteiger partial charge is 0.248 e. The summed E-state index contributed by atoms with van der Waals surface area (Å²) >= 11 is 2.79. The van der Waals surface area contributed by atoms with Crippen LogP contribution in [0.5, 0.6) is 11.5 Å². The van der Waals surface area contributed by atoms with Crippen LogP contribution in [0.4, 0.5) is 10.8 Å². The lowest BCUT2D eigenvalue weighted by Gasteiger charge is -2.33. The first kappa shape index (κ1) is 27.8. The van der Waals surface area contributed by atoms with Gasteiger partial charge in [-0.2, -0.15) is 0 Å². The van der Waals surface area contributed by atoms with E-state index in [9.17, 15) is 19.5 Å². The van der Waals surface area contributed by atoms with Crippen LogP contribution in [0.1, 0.15) is 34.9 Å². The molecule has 39 heavy (non-hydrogen) atoms. The van der Waals surface area contributed by atoms with E-state index in [1.54, 1.807) is 35.8 Å². The maximum Gasteiger partial charge on any atom is 0.248 e. The van der Waals surface area contributed by atoms with Crippen LogP contribution in [-0.2, 0) is 20.9 Å². The molecule has 4 aromatic rings.